The molecule has 2 N–H and O–H groups in total. The quantitative estimate of drug-likeness (QED) is 0.156. The number of anilines is 2. The van der Waals surface area contributed by atoms with Gasteiger partial charge in [-0.3, -0.25) is 29.4 Å². The highest BCUT2D eigenvalue weighted by molar-refractivity contribution is 9.10. The maximum atomic E-state index is 13.2. The number of nitro benzene ring substituents is 1. The van der Waals surface area contributed by atoms with Gasteiger partial charge >= 0.3 is 0 Å². The zero-order valence-corrected chi connectivity index (χ0v) is 19.9. The molecular formula is C25H18BrN3O6. The zero-order chi connectivity index (χ0) is 25.3. The summed E-state index contributed by atoms with van der Waals surface area (Å²) in [5.74, 6) is -2.42. The van der Waals surface area contributed by atoms with Crippen LogP contribution < -0.4 is 10.2 Å². The Balaban J connectivity index is 1.85. The molecule has 0 radical (unpaired) electrons. The normalized spacial score (nSPS) is 16.9. The van der Waals surface area contributed by atoms with Crippen LogP contribution in [0.2, 0.25) is 0 Å². The Morgan fingerprint density at radius 2 is 1.60 bits per heavy atom. The van der Waals surface area contributed by atoms with Crippen LogP contribution in [0.25, 0.3) is 5.76 Å². The number of non-ortho nitro benzene ring substituents is 1. The van der Waals surface area contributed by atoms with Gasteiger partial charge in [-0.2, -0.15) is 0 Å². The molecule has 1 aliphatic rings. The fourth-order valence-corrected chi connectivity index (χ4v) is 4.13. The number of carbonyl (C=O) groups excluding carboxylic acids is 3. The maximum Gasteiger partial charge on any atom is 0.300 e. The molecule has 3 aromatic rings. The van der Waals surface area contributed by atoms with E-state index >= 15 is 0 Å². The number of amides is 2. The van der Waals surface area contributed by atoms with Gasteiger partial charge in [0.25, 0.3) is 17.4 Å². The minimum Gasteiger partial charge on any atom is -0.507 e. The highest BCUT2D eigenvalue weighted by atomic mass is 79.9. The summed E-state index contributed by atoms with van der Waals surface area (Å²) in [4.78, 5) is 49.3. The fraction of sp³-hybridized carbons (Fsp3) is 0.0800. The number of nitrogens with zero attached hydrogens (tertiary/aromatic N) is 2. The molecule has 9 nitrogen and oxygen atoms in total. The molecule has 0 saturated carbocycles. The Labute approximate surface area is 208 Å². The molecule has 3 aromatic carbocycles. The Morgan fingerprint density at radius 3 is 2.14 bits per heavy atom. The molecule has 0 aromatic heterocycles. The Bertz CT molecular complexity index is 1370. The maximum absolute atomic E-state index is 13.2. The van der Waals surface area contributed by atoms with Gasteiger partial charge in [-0.05, 0) is 54.1 Å². The summed E-state index contributed by atoms with van der Waals surface area (Å²) in [6.07, 6.45) is 0. The third-order valence-corrected chi connectivity index (χ3v) is 5.98. The standard InChI is InChI=1S/C25H18BrN3O6/c1-14(30)27-18-8-12-19(13-9-18)28-22(15-2-6-17(26)7-3-15)21(24(32)25(28)33)23(31)16-4-10-20(11-5-16)29(34)35/h2-13,22,31H,1H3,(H,27,30)/t22-/m1/s1. The van der Waals surface area contributed by atoms with Gasteiger partial charge in [-0.25, -0.2) is 0 Å². The number of hydrogen-bond acceptors (Lipinski definition) is 6. The van der Waals surface area contributed by atoms with E-state index in [2.05, 4.69) is 21.2 Å². The topological polar surface area (TPSA) is 130 Å². The number of hydrogen-bond donors (Lipinski definition) is 2. The van der Waals surface area contributed by atoms with Crippen molar-refractivity contribution in [3.63, 3.8) is 0 Å². The van der Waals surface area contributed by atoms with E-state index in [9.17, 15) is 29.6 Å². The van der Waals surface area contributed by atoms with E-state index in [1.165, 1.54) is 36.1 Å². The molecule has 0 unspecified atom stereocenters. The van der Waals surface area contributed by atoms with Crippen molar-refractivity contribution in [3.05, 3.63) is 104 Å². The molecule has 1 aliphatic heterocycles. The van der Waals surface area contributed by atoms with Crippen molar-refractivity contribution >= 4 is 56.3 Å². The molecule has 0 bridgehead atoms. The summed E-state index contributed by atoms with van der Waals surface area (Å²) in [5, 5.41) is 24.7. The van der Waals surface area contributed by atoms with E-state index in [1.54, 1.807) is 48.5 Å². The number of Topliss-reactive ketones (excluding diaryl/α,β-unsaturated/α-hetero) is 1. The van der Waals surface area contributed by atoms with Crippen molar-refractivity contribution in [1.29, 1.82) is 0 Å². The van der Waals surface area contributed by atoms with Gasteiger partial charge in [0, 0.05) is 40.5 Å². The SMILES string of the molecule is CC(=O)Nc1ccc(N2C(=O)C(=O)C(=C(O)c3ccc([N+](=O)[O-])cc3)[C@H]2c2ccc(Br)cc2)cc1. The van der Waals surface area contributed by atoms with Gasteiger partial charge in [0.1, 0.15) is 5.76 Å². The summed E-state index contributed by atoms with van der Waals surface area (Å²) in [6.45, 7) is 1.37. The number of ketones is 1. The molecule has 1 heterocycles. The number of aliphatic hydroxyl groups excluding tert-OH is 1. The van der Waals surface area contributed by atoms with Crippen molar-refractivity contribution < 1.29 is 24.4 Å². The van der Waals surface area contributed by atoms with Crippen molar-refractivity contribution in [2.75, 3.05) is 10.2 Å². The van der Waals surface area contributed by atoms with Gasteiger partial charge in [-0.1, -0.05) is 28.1 Å². The summed E-state index contributed by atoms with van der Waals surface area (Å²) < 4.78 is 0.785. The number of rotatable bonds is 5. The number of carbonyl (C=O) groups is 3. The van der Waals surface area contributed by atoms with Crippen molar-refractivity contribution in [2.45, 2.75) is 13.0 Å². The summed E-state index contributed by atoms with van der Waals surface area (Å²) >= 11 is 3.37. The Kier molecular flexibility index (Phi) is 6.48. The van der Waals surface area contributed by atoms with Gasteiger partial charge in [-0.15, -0.1) is 0 Å². The highest BCUT2D eigenvalue weighted by Gasteiger charge is 2.47. The molecule has 0 spiro atoms. The smallest absolute Gasteiger partial charge is 0.300 e. The molecular weight excluding hydrogens is 518 g/mol. The second-order valence-corrected chi connectivity index (χ2v) is 8.67. The van der Waals surface area contributed by atoms with Gasteiger partial charge in [0.15, 0.2) is 0 Å². The number of nitro groups is 1. The molecule has 10 heteroatoms. The van der Waals surface area contributed by atoms with Crippen LogP contribution in [0.5, 0.6) is 0 Å². The number of nitrogens with one attached hydrogen (secondary N) is 1. The predicted octanol–water partition coefficient (Wildman–Crippen LogP) is 4.94. The largest absolute Gasteiger partial charge is 0.507 e. The monoisotopic (exact) mass is 535 g/mol. The van der Waals surface area contributed by atoms with Gasteiger partial charge in [0.05, 0.1) is 16.5 Å². The first-order chi connectivity index (χ1) is 16.7. The van der Waals surface area contributed by atoms with Crippen molar-refractivity contribution in [1.82, 2.24) is 0 Å². The first-order valence-corrected chi connectivity index (χ1v) is 11.2. The molecule has 2 amide bonds. The molecule has 1 atom stereocenters. The van der Waals surface area contributed by atoms with E-state index in [4.69, 9.17) is 0 Å². The molecule has 176 valence electrons. The first-order valence-electron chi connectivity index (χ1n) is 10.4. The van der Waals surface area contributed by atoms with E-state index in [1.807, 2.05) is 0 Å². The average molecular weight is 536 g/mol. The van der Waals surface area contributed by atoms with E-state index in [0.29, 0.717) is 16.9 Å². The van der Waals surface area contributed by atoms with E-state index in [-0.39, 0.29) is 22.7 Å². The Morgan fingerprint density at radius 1 is 1.00 bits per heavy atom. The average Bonchev–Trinajstić information content (AvgIpc) is 3.10. The lowest BCUT2D eigenvalue weighted by Gasteiger charge is -2.25. The van der Waals surface area contributed by atoms with Crippen LogP contribution in [-0.4, -0.2) is 27.6 Å². The molecule has 1 saturated heterocycles. The van der Waals surface area contributed by atoms with Crippen LogP contribution in [-0.2, 0) is 14.4 Å². The van der Waals surface area contributed by atoms with Crippen LogP contribution >= 0.6 is 15.9 Å². The lowest BCUT2D eigenvalue weighted by atomic mass is 9.95. The van der Waals surface area contributed by atoms with Crippen molar-refractivity contribution in [3.8, 4) is 0 Å². The van der Waals surface area contributed by atoms with Crippen LogP contribution in [0.4, 0.5) is 17.1 Å². The number of aliphatic hydroxyl groups is 1. The molecule has 1 fully saturated rings. The van der Waals surface area contributed by atoms with E-state index in [0.717, 1.165) is 4.47 Å². The fourth-order valence-electron chi connectivity index (χ4n) is 3.86. The predicted molar refractivity (Wildman–Crippen MR) is 133 cm³/mol. The van der Waals surface area contributed by atoms with Crippen molar-refractivity contribution in [2.24, 2.45) is 0 Å². The van der Waals surface area contributed by atoms with Crippen LogP contribution in [0.1, 0.15) is 24.1 Å². The Hall–Kier alpha value is -4.31. The summed E-state index contributed by atoms with van der Waals surface area (Å²) in [6, 6.07) is 17.4. The minimum atomic E-state index is -0.954. The second-order valence-electron chi connectivity index (χ2n) is 7.75. The van der Waals surface area contributed by atoms with Gasteiger partial charge < -0.3 is 10.4 Å². The molecule has 35 heavy (non-hydrogen) atoms. The lowest BCUT2D eigenvalue weighted by molar-refractivity contribution is -0.384. The third kappa shape index (κ3) is 4.69. The molecule has 4 rings (SSSR count). The zero-order valence-electron chi connectivity index (χ0n) is 18.3. The van der Waals surface area contributed by atoms with Gasteiger partial charge in [0.2, 0.25) is 5.91 Å². The van der Waals surface area contributed by atoms with E-state index < -0.39 is 28.4 Å². The van der Waals surface area contributed by atoms with Crippen LogP contribution in [0.3, 0.4) is 0 Å². The number of halogens is 1. The highest BCUT2D eigenvalue weighted by Crippen LogP contribution is 2.42. The number of benzene rings is 3. The van der Waals surface area contributed by atoms with Crippen LogP contribution in [0.15, 0.2) is 82.8 Å². The summed E-state index contributed by atoms with van der Waals surface area (Å²) in [5.41, 5.74) is 1.32. The first kappa shape index (κ1) is 23.8. The third-order valence-electron chi connectivity index (χ3n) is 5.45. The second kappa shape index (κ2) is 9.51. The lowest BCUT2D eigenvalue weighted by Crippen LogP contribution is -2.29. The minimum absolute atomic E-state index is 0.142. The van der Waals surface area contributed by atoms with Crippen LogP contribution in [0, 0.1) is 10.1 Å². The molecule has 0 aliphatic carbocycles. The summed E-state index contributed by atoms with van der Waals surface area (Å²) in [7, 11) is 0.